The number of halogens is 2. The molecule has 0 aliphatic heterocycles. The minimum absolute atomic E-state index is 0.280. The second kappa shape index (κ2) is 8.41. The van der Waals surface area contributed by atoms with Crippen molar-refractivity contribution < 1.29 is 4.79 Å². The fourth-order valence-electron chi connectivity index (χ4n) is 2.02. The van der Waals surface area contributed by atoms with Gasteiger partial charge in [-0.15, -0.1) is 5.10 Å². The molecule has 0 atom stereocenters. The lowest BCUT2D eigenvalue weighted by atomic mass is 10.2. The average Bonchev–Trinajstić information content (AvgIpc) is 3.10. The predicted molar refractivity (Wildman–Crippen MR) is 111 cm³/mol. The van der Waals surface area contributed by atoms with Gasteiger partial charge in [0.15, 0.2) is 10.8 Å². The molecule has 0 unspecified atom stereocenters. The van der Waals surface area contributed by atoms with Crippen LogP contribution in [-0.4, -0.2) is 20.6 Å². The zero-order valence-corrected chi connectivity index (χ0v) is 16.1. The van der Waals surface area contributed by atoms with Crippen LogP contribution in [0, 0.1) is 0 Å². The van der Waals surface area contributed by atoms with Crippen LogP contribution in [-0.2, 0) is 0 Å². The second-order valence-corrected chi connectivity index (χ2v) is 6.95. The number of benzene rings is 2. The first-order chi connectivity index (χ1) is 12.5. The molecule has 26 heavy (non-hydrogen) atoms. The lowest BCUT2D eigenvalue weighted by Gasteiger charge is -2.12. The number of nitrogens with zero attached hydrogens (tertiary/aromatic N) is 2. The molecule has 1 heterocycles. The van der Waals surface area contributed by atoms with E-state index in [4.69, 9.17) is 35.4 Å². The van der Waals surface area contributed by atoms with Crippen LogP contribution in [0.5, 0.6) is 0 Å². The maximum Gasteiger partial charge on any atom is 0.277 e. The van der Waals surface area contributed by atoms with Gasteiger partial charge in [-0.2, -0.15) is 0 Å². The van der Waals surface area contributed by atoms with Crippen molar-refractivity contribution in [3.63, 3.8) is 0 Å². The van der Waals surface area contributed by atoms with Crippen molar-refractivity contribution in [3.8, 4) is 0 Å². The summed E-state index contributed by atoms with van der Waals surface area (Å²) in [5.41, 5.74) is 2.35. The van der Waals surface area contributed by atoms with Crippen LogP contribution in [0.4, 0.5) is 17.1 Å². The van der Waals surface area contributed by atoms with Gasteiger partial charge in [0.2, 0.25) is 0 Å². The SMILES string of the molecule is O=C(Nc1ccc(NC(=S)Nc2cc(Cl)cc(Cl)c2)cc1)c1csnn1. The van der Waals surface area contributed by atoms with Crippen molar-refractivity contribution >= 4 is 75.0 Å². The van der Waals surface area contributed by atoms with Crippen LogP contribution in [0.2, 0.25) is 10.0 Å². The Morgan fingerprint density at radius 2 is 1.50 bits per heavy atom. The molecule has 10 heteroatoms. The molecule has 0 radical (unpaired) electrons. The molecule has 3 rings (SSSR count). The third kappa shape index (κ3) is 5.12. The van der Waals surface area contributed by atoms with Gasteiger partial charge < -0.3 is 16.0 Å². The Balaban J connectivity index is 1.58. The zero-order chi connectivity index (χ0) is 18.5. The topological polar surface area (TPSA) is 78.9 Å². The maximum atomic E-state index is 11.9. The molecule has 2 aromatic carbocycles. The molecule has 0 aliphatic carbocycles. The minimum Gasteiger partial charge on any atom is -0.332 e. The third-order valence-electron chi connectivity index (χ3n) is 3.11. The number of aromatic nitrogens is 2. The predicted octanol–water partition coefficient (Wildman–Crippen LogP) is 4.91. The van der Waals surface area contributed by atoms with Crippen LogP contribution >= 0.6 is 47.0 Å². The van der Waals surface area contributed by atoms with Crippen molar-refractivity contribution in [1.82, 2.24) is 9.59 Å². The third-order valence-corrected chi connectivity index (χ3v) is 4.26. The molecule has 6 nitrogen and oxygen atoms in total. The molecule has 0 saturated carbocycles. The molecule has 0 bridgehead atoms. The number of rotatable bonds is 4. The summed E-state index contributed by atoms with van der Waals surface area (Å²) in [5.74, 6) is -0.311. The molecule has 132 valence electrons. The van der Waals surface area contributed by atoms with Crippen LogP contribution in [0.25, 0.3) is 0 Å². The van der Waals surface area contributed by atoms with Gasteiger partial charge in [0.25, 0.3) is 5.91 Å². The number of nitrogens with one attached hydrogen (secondary N) is 3. The van der Waals surface area contributed by atoms with Gasteiger partial charge in [-0.1, -0.05) is 27.7 Å². The van der Waals surface area contributed by atoms with E-state index >= 15 is 0 Å². The Bertz CT molecular complexity index is 912. The maximum absolute atomic E-state index is 11.9. The van der Waals surface area contributed by atoms with Crippen molar-refractivity contribution in [2.24, 2.45) is 0 Å². The molecule has 3 N–H and O–H groups in total. The number of hydrogen-bond donors (Lipinski definition) is 3. The highest BCUT2D eigenvalue weighted by Crippen LogP contribution is 2.23. The molecule has 3 aromatic rings. The fraction of sp³-hybridized carbons (Fsp3) is 0. The zero-order valence-electron chi connectivity index (χ0n) is 13.0. The molecular formula is C16H11Cl2N5OS2. The highest BCUT2D eigenvalue weighted by Gasteiger charge is 2.09. The van der Waals surface area contributed by atoms with E-state index in [1.807, 2.05) is 0 Å². The van der Waals surface area contributed by atoms with Crippen LogP contribution < -0.4 is 16.0 Å². The van der Waals surface area contributed by atoms with Crippen molar-refractivity contribution in [3.05, 3.63) is 63.6 Å². The Kier molecular flexibility index (Phi) is 6.00. The van der Waals surface area contributed by atoms with Crippen molar-refractivity contribution in [2.75, 3.05) is 16.0 Å². The highest BCUT2D eigenvalue weighted by atomic mass is 35.5. The summed E-state index contributed by atoms with van der Waals surface area (Å²) in [6.45, 7) is 0. The van der Waals surface area contributed by atoms with Gasteiger partial charge in [0.1, 0.15) is 0 Å². The highest BCUT2D eigenvalue weighted by molar-refractivity contribution is 7.80. The number of carbonyl (C=O) groups is 1. The normalized spacial score (nSPS) is 10.2. The van der Waals surface area contributed by atoms with Gasteiger partial charge in [0.05, 0.1) is 0 Å². The monoisotopic (exact) mass is 423 g/mol. The summed E-state index contributed by atoms with van der Waals surface area (Å²) in [7, 11) is 0. The Hall–Kier alpha value is -2.26. The number of thiocarbonyl (C=S) groups is 1. The quantitative estimate of drug-likeness (QED) is 0.517. The first-order valence-corrected chi connectivity index (χ1v) is 9.22. The van der Waals surface area contributed by atoms with E-state index < -0.39 is 0 Å². The average molecular weight is 424 g/mol. The lowest BCUT2D eigenvalue weighted by molar-refractivity contribution is 0.102. The van der Waals surface area contributed by atoms with Gasteiger partial charge >= 0.3 is 0 Å². The second-order valence-electron chi connectivity index (χ2n) is 5.06. The molecule has 0 aliphatic rings. The van der Waals surface area contributed by atoms with E-state index in [0.717, 1.165) is 17.2 Å². The number of anilines is 3. The first-order valence-electron chi connectivity index (χ1n) is 7.22. The van der Waals surface area contributed by atoms with Crippen molar-refractivity contribution in [2.45, 2.75) is 0 Å². The minimum atomic E-state index is -0.311. The van der Waals surface area contributed by atoms with E-state index in [0.29, 0.717) is 26.5 Å². The van der Waals surface area contributed by atoms with Gasteiger partial charge in [-0.3, -0.25) is 4.79 Å². The van der Waals surface area contributed by atoms with Gasteiger partial charge in [0, 0.05) is 32.5 Å². The summed E-state index contributed by atoms with van der Waals surface area (Å²) < 4.78 is 3.66. The Morgan fingerprint density at radius 3 is 2.08 bits per heavy atom. The Morgan fingerprint density at radius 1 is 0.923 bits per heavy atom. The summed E-state index contributed by atoms with van der Waals surface area (Å²) >= 11 is 18.3. The van der Waals surface area contributed by atoms with Gasteiger partial charge in [-0.25, -0.2) is 0 Å². The van der Waals surface area contributed by atoms with E-state index in [1.165, 1.54) is 0 Å². The lowest BCUT2D eigenvalue weighted by Crippen LogP contribution is -2.19. The van der Waals surface area contributed by atoms with Gasteiger partial charge in [-0.05, 0) is 66.2 Å². The summed E-state index contributed by atoms with van der Waals surface area (Å²) in [4.78, 5) is 11.9. The summed E-state index contributed by atoms with van der Waals surface area (Å²) in [5, 5.41) is 15.5. The largest absolute Gasteiger partial charge is 0.332 e. The molecular weight excluding hydrogens is 413 g/mol. The standard InChI is InChI=1S/C16H11Cl2N5OS2/c17-9-5-10(18)7-13(6-9)21-16(25)20-12-3-1-11(2-4-12)19-15(24)14-8-26-23-22-14/h1-8H,(H,19,24)(H2,20,21,25). The van der Waals surface area contributed by atoms with E-state index in [1.54, 1.807) is 47.8 Å². The molecule has 1 aromatic heterocycles. The van der Waals surface area contributed by atoms with Crippen LogP contribution in [0.15, 0.2) is 47.8 Å². The first kappa shape index (κ1) is 18.5. The molecule has 1 amide bonds. The summed E-state index contributed by atoms with van der Waals surface area (Å²) in [6.07, 6.45) is 0. The van der Waals surface area contributed by atoms with E-state index in [2.05, 4.69) is 25.5 Å². The molecule has 0 fully saturated rings. The number of amides is 1. The number of carbonyl (C=O) groups excluding carboxylic acids is 1. The molecule has 0 saturated heterocycles. The van der Waals surface area contributed by atoms with Crippen LogP contribution in [0.3, 0.4) is 0 Å². The smallest absolute Gasteiger partial charge is 0.277 e. The summed E-state index contributed by atoms with van der Waals surface area (Å²) in [6, 6.07) is 12.1. The number of hydrogen-bond acceptors (Lipinski definition) is 5. The van der Waals surface area contributed by atoms with Crippen LogP contribution in [0.1, 0.15) is 10.5 Å². The van der Waals surface area contributed by atoms with Crippen molar-refractivity contribution in [1.29, 1.82) is 0 Å². The van der Waals surface area contributed by atoms with E-state index in [-0.39, 0.29) is 11.6 Å². The fourth-order valence-corrected chi connectivity index (χ4v) is 3.21. The molecule has 0 spiro atoms. The Labute approximate surface area is 168 Å². The van der Waals surface area contributed by atoms with E-state index in [9.17, 15) is 4.79 Å².